The predicted molar refractivity (Wildman–Crippen MR) is 113 cm³/mol. The van der Waals surface area contributed by atoms with Crippen molar-refractivity contribution in [3.05, 3.63) is 90.6 Å². The minimum absolute atomic E-state index is 0.218. The van der Waals surface area contributed by atoms with Crippen LogP contribution in [0.3, 0.4) is 0 Å². The minimum Gasteiger partial charge on any atom is -0.478 e. The van der Waals surface area contributed by atoms with Crippen LogP contribution in [0.2, 0.25) is 0 Å². The van der Waals surface area contributed by atoms with Crippen LogP contribution >= 0.6 is 0 Å². The fourth-order valence-corrected chi connectivity index (χ4v) is 3.36. The number of fused-ring (bicyclic) bond motifs is 2. The number of nitrogens with zero attached hydrogens (tertiary/aromatic N) is 3. The molecule has 0 unspecified atom stereocenters. The van der Waals surface area contributed by atoms with Gasteiger partial charge in [0.15, 0.2) is 11.5 Å². The fourth-order valence-electron chi connectivity index (χ4n) is 3.36. The van der Waals surface area contributed by atoms with Gasteiger partial charge in [-0.15, -0.1) is 5.10 Å². The summed E-state index contributed by atoms with van der Waals surface area (Å²) in [6.07, 6.45) is 1.81. The summed E-state index contributed by atoms with van der Waals surface area (Å²) in [6, 6.07) is 24.8. The molecule has 0 bridgehead atoms. The van der Waals surface area contributed by atoms with Gasteiger partial charge in [0.2, 0.25) is 0 Å². The third-order valence-corrected chi connectivity index (χ3v) is 4.79. The zero-order chi connectivity index (χ0) is 19.8. The van der Waals surface area contributed by atoms with Gasteiger partial charge < -0.3 is 10.4 Å². The van der Waals surface area contributed by atoms with E-state index in [2.05, 4.69) is 45.7 Å². The summed E-state index contributed by atoms with van der Waals surface area (Å²) in [4.78, 5) is 15.6. The first-order valence-corrected chi connectivity index (χ1v) is 9.12. The van der Waals surface area contributed by atoms with Crippen molar-refractivity contribution >= 4 is 33.9 Å². The van der Waals surface area contributed by atoms with Gasteiger partial charge in [0, 0.05) is 11.3 Å². The summed E-state index contributed by atoms with van der Waals surface area (Å²) in [5, 5.41) is 19.3. The summed E-state index contributed by atoms with van der Waals surface area (Å²) in [5.74, 6) is -0.370. The molecule has 6 nitrogen and oxygen atoms in total. The van der Waals surface area contributed by atoms with Crippen LogP contribution < -0.4 is 5.32 Å². The molecule has 6 heteroatoms. The summed E-state index contributed by atoms with van der Waals surface area (Å²) in [7, 11) is 0. The summed E-state index contributed by atoms with van der Waals surface area (Å²) in [5.41, 5.74) is 3.51. The van der Waals surface area contributed by atoms with Crippen molar-refractivity contribution in [1.82, 2.24) is 14.6 Å². The Kier molecular flexibility index (Phi) is 3.95. The van der Waals surface area contributed by atoms with E-state index in [9.17, 15) is 9.90 Å². The molecule has 0 aliphatic carbocycles. The quantitative estimate of drug-likeness (QED) is 0.459. The van der Waals surface area contributed by atoms with E-state index >= 15 is 0 Å². The van der Waals surface area contributed by atoms with E-state index in [0.717, 1.165) is 22.3 Å². The Morgan fingerprint density at radius 2 is 1.76 bits per heavy atom. The minimum atomic E-state index is -0.967. The number of carboxylic acids is 1. The van der Waals surface area contributed by atoms with E-state index in [1.54, 1.807) is 35.0 Å². The van der Waals surface area contributed by atoms with E-state index in [-0.39, 0.29) is 5.56 Å². The number of aromatic carboxylic acids is 1. The first kappa shape index (κ1) is 16.9. The third kappa shape index (κ3) is 3.17. The van der Waals surface area contributed by atoms with Gasteiger partial charge in [-0.05, 0) is 47.2 Å². The molecule has 0 atom stereocenters. The lowest BCUT2D eigenvalue weighted by Gasteiger charge is -2.08. The SMILES string of the molecule is O=C(O)c1cccc(Nc2ccc3ncc(-c4ccc5ccccc5c4)n3n2)c1. The Morgan fingerprint density at radius 1 is 0.897 bits per heavy atom. The fraction of sp³-hybridized carbons (Fsp3) is 0. The van der Waals surface area contributed by atoms with E-state index in [0.29, 0.717) is 11.5 Å². The molecule has 0 radical (unpaired) electrons. The smallest absolute Gasteiger partial charge is 0.335 e. The maximum atomic E-state index is 11.2. The van der Waals surface area contributed by atoms with E-state index in [1.807, 2.05) is 24.3 Å². The van der Waals surface area contributed by atoms with Gasteiger partial charge >= 0.3 is 5.97 Å². The molecule has 0 spiro atoms. The largest absolute Gasteiger partial charge is 0.478 e. The number of imidazole rings is 1. The van der Waals surface area contributed by atoms with Crippen molar-refractivity contribution in [2.24, 2.45) is 0 Å². The zero-order valence-electron chi connectivity index (χ0n) is 15.3. The molecule has 2 heterocycles. The second-order valence-corrected chi connectivity index (χ2v) is 6.70. The van der Waals surface area contributed by atoms with E-state index in [1.165, 1.54) is 5.39 Å². The van der Waals surface area contributed by atoms with E-state index in [4.69, 9.17) is 0 Å². The predicted octanol–water partition coefficient (Wildman–Crippen LogP) is 4.99. The number of carboxylic acid groups (broad SMARTS) is 1. The van der Waals surface area contributed by atoms with Gasteiger partial charge in [-0.25, -0.2) is 14.3 Å². The number of rotatable bonds is 4. The van der Waals surface area contributed by atoms with E-state index < -0.39 is 5.97 Å². The Hall–Kier alpha value is -4.19. The van der Waals surface area contributed by atoms with Crippen molar-refractivity contribution in [3.8, 4) is 11.3 Å². The molecule has 2 aromatic heterocycles. The Bertz CT molecular complexity index is 1370. The number of carbonyl (C=O) groups is 1. The summed E-state index contributed by atoms with van der Waals surface area (Å²) in [6.45, 7) is 0. The highest BCUT2D eigenvalue weighted by molar-refractivity contribution is 5.89. The number of nitrogens with one attached hydrogen (secondary N) is 1. The van der Waals surface area contributed by atoms with Gasteiger partial charge in [0.1, 0.15) is 0 Å². The molecule has 0 aliphatic rings. The van der Waals surface area contributed by atoms with Crippen molar-refractivity contribution in [2.45, 2.75) is 0 Å². The first-order valence-electron chi connectivity index (χ1n) is 9.12. The molecule has 0 amide bonds. The van der Waals surface area contributed by atoms with Crippen LogP contribution in [0.5, 0.6) is 0 Å². The average molecular weight is 380 g/mol. The highest BCUT2D eigenvalue weighted by atomic mass is 16.4. The topological polar surface area (TPSA) is 79.5 Å². The number of hydrogen-bond acceptors (Lipinski definition) is 4. The third-order valence-electron chi connectivity index (χ3n) is 4.79. The average Bonchev–Trinajstić information content (AvgIpc) is 3.17. The van der Waals surface area contributed by atoms with Gasteiger partial charge in [0.25, 0.3) is 0 Å². The van der Waals surface area contributed by atoms with Crippen LogP contribution in [0.4, 0.5) is 11.5 Å². The van der Waals surface area contributed by atoms with Crippen molar-refractivity contribution in [1.29, 1.82) is 0 Å². The lowest BCUT2D eigenvalue weighted by Crippen LogP contribution is -2.02. The van der Waals surface area contributed by atoms with Crippen LogP contribution in [0.25, 0.3) is 27.7 Å². The molecule has 0 saturated heterocycles. The molecule has 0 saturated carbocycles. The zero-order valence-corrected chi connectivity index (χ0v) is 15.3. The normalized spacial score (nSPS) is 11.0. The highest BCUT2D eigenvalue weighted by Gasteiger charge is 2.10. The van der Waals surface area contributed by atoms with Gasteiger partial charge in [0.05, 0.1) is 17.5 Å². The molecular formula is C23H16N4O2. The highest BCUT2D eigenvalue weighted by Crippen LogP contribution is 2.26. The molecule has 140 valence electrons. The monoisotopic (exact) mass is 380 g/mol. The summed E-state index contributed by atoms with van der Waals surface area (Å²) < 4.78 is 1.79. The molecule has 2 N–H and O–H groups in total. The molecule has 3 aromatic carbocycles. The Morgan fingerprint density at radius 3 is 2.62 bits per heavy atom. The molecule has 29 heavy (non-hydrogen) atoms. The van der Waals surface area contributed by atoms with Gasteiger partial charge in [-0.2, -0.15) is 0 Å². The molecule has 0 fully saturated rings. The van der Waals surface area contributed by atoms with Crippen molar-refractivity contribution < 1.29 is 9.90 Å². The lowest BCUT2D eigenvalue weighted by molar-refractivity contribution is 0.0697. The van der Waals surface area contributed by atoms with Crippen LogP contribution in [0, 0.1) is 0 Å². The second kappa shape index (κ2) is 6.76. The number of benzene rings is 3. The second-order valence-electron chi connectivity index (χ2n) is 6.70. The molecule has 5 aromatic rings. The Labute approximate surface area is 166 Å². The van der Waals surface area contributed by atoms with Crippen LogP contribution in [-0.4, -0.2) is 25.7 Å². The number of anilines is 2. The standard InChI is InChI=1S/C23H16N4O2/c28-23(29)18-6-3-7-19(13-18)25-21-10-11-22-24-14-20(27(22)26-21)17-9-8-15-4-1-2-5-16(15)12-17/h1-14H,(H,25,26)(H,28,29). The van der Waals surface area contributed by atoms with Crippen molar-refractivity contribution in [2.75, 3.05) is 5.32 Å². The first-order chi connectivity index (χ1) is 14.2. The Balaban J connectivity index is 1.54. The van der Waals surface area contributed by atoms with Gasteiger partial charge in [-0.1, -0.05) is 42.5 Å². The van der Waals surface area contributed by atoms with Crippen molar-refractivity contribution in [3.63, 3.8) is 0 Å². The number of hydrogen-bond donors (Lipinski definition) is 2. The number of aromatic nitrogens is 3. The van der Waals surface area contributed by atoms with Gasteiger partial charge in [-0.3, -0.25) is 0 Å². The molecule has 5 rings (SSSR count). The van der Waals surface area contributed by atoms with Crippen LogP contribution in [0.15, 0.2) is 85.1 Å². The lowest BCUT2D eigenvalue weighted by atomic mass is 10.1. The molecular weight excluding hydrogens is 364 g/mol. The maximum absolute atomic E-state index is 11.2. The maximum Gasteiger partial charge on any atom is 0.335 e. The van der Waals surface area contributed by atoms with Crippen LogP contribution in [-0.2, 0) is 0 Å². The van der Waals surface area contributed by atoms with Crippen LogP contribution in [0.1, 0.15) is 10.4 Å². The summed E-state index contributed by atoms with van der Waals surface area (Å²) >= 11 is 0. The molecule has 0 aliphatic heterocycles.